The molecule has 0 aliphatic heterocycles. The van der Waals surface area contributed by atoms with Gasteiger partial charge in [-0.15, -0.1) is 0 Å². The van der Waals surface area contributed by atoms with Gasteiger partial charge in [-0.1, -0.05) is 6.07 Å². The van der Waals surface area contributed by atoms with Gasteiger partial charge in [0.05, 0.1) is 5.25 Å². The van der Waals surface area contributed by atoms with Crippen LogP contribution in [0, 0.1) is 6.92 Å². The normalized spacial score (nSPS) is 12.7. The van der Waals surface area contributed by atoms with Gasteiger partial charge in [-0.25, -0.2) is 13.4 Å². The molecule has 23 heavy (non-hydrogen) atoms. The summed E-state index contributed by atoms with van der Waals surface area (Å²) in [5, 5.41) is 3.33. The highest BCUT2D eigenvalue weighted by Gasteiger charge is 2.30. The first-order valence-corrected chi connectivity index (χ1v) is 8.99. The first-order chi connectivity index (χ1) is 10.6. The van der Waals surface area contributed by atoms with Gasteiger partial charge < -0.3 is 10.6 Å². The van der Waals surface area contributed by atoms with Crippen molar-refractivity contribution in [2.24, 2.45) is 0 Å². The number of carbonyl (C=O) groups excluding carboxylic acids is 2. The molecule has 1 rings (SSSR count). The summed E-state index contributed by atoms with van der Waals surface area (Å²) in [6.45, 7) is 6.28. The summed E-state index contributed by atoms with van der Waals surface area (Å²) in [6, 6.07) is 5.26. The Labute approximate surface area is 136 Å². The van der Waals surface area contributed by atoms with Gasteiger partial charge in [-0.05, 0) is 39.8 Å². The Morgan fingerprint density at radius 3 is 2.43 bits per heavy atom. The predicted molar refractivity (Wildman–Crippen MR) is 88.7 cm³/mol. The Morgan fingerprint density at radius 2 is 1.87 bits per heavy atom. The van der Waals surface area contributed by atoms with Crippen LogP contribution in [-0.4, -0.2) is 42.3 Å². The van der Waals surface area contributed by atoms with Crippen LogP contribution in [-0.2, 0) is 19.4 Å². The van der Waals surface area contributed by atoms with Crippen molar-refractivity contribution in [3.8, 4) is 0 Å². The molecule has 8 heteroatoms. The summed E-state index contributed by atoms with van der Waals surface area (Å²) < 4.78 is 23.8. The van der Waals surface area contributed by atoms with E-state index in [2.05, 4.69) is 15.6 Å². The molecule has 0 saturated carbocycles. The second kappa shape index (κ2) is 8.05. The highest BCUT2D eigenvalue weighted by Crippen LogP contribution is 2.09. The number of aromatic nitrogens is 1. The van der Waals surface area contributed by atoms with E-state index in [0.29, 0.717) is 5.82 Å². The Balaban J connectivity index is 2.44. The molecular weight excluding hydrogens is 318 g/mol. The lowest BCUT2D eigenvalue weighted by molar-refractivity contribution is -0.120. The predicted octanol–water partition coefficient (Wildman–Crippen LogP) is 1.05. The van der Waals surface area contributed by atoms with E-state index in [0.717, 1.165) is 5.69 Å². The molecule has 0 radical (unpaired) electrons. The molecule has 1 heterocycles. The Morgan fingerprint density at radius 1 is 1.22 bits per heavy atom. The number of anilines is 1. The molecule has 2 N–H and O–H groups in total. The fourth-order valence-corrected chi connectivity index (χ4v) is 3.02. The van der Waals surface area contributed by atoms with Crippen LogP contribution in [0.5, 0.6) is 0 Å². The molecule has 0 fully saturated rings. The van der Waals surface area contributed by atoms with Crippen LogP contribution in [0.1, 0.15) is 32.9 Å². The van der Waals surface area contributed by atoms with E-state index < -0.39 is 26.2 Å². The van der Waals surface area contributed by atoms with Gasteiger partial charge in [-0.2, -0.15) is 0 Å². The van der Waals surface area contributed by atoms with E-state index in [1.807, 2.05) is 13.0 Å². The van der Waals surface area contributed by atoms with Crippen molar-refractivity contribution in [2.75, 3.05) is 11.9 Å². The molecule has 1 atom stereocenters. The molecule has 0 aromatic carbocycles. The van der Waals surface area contributed by atoms with E-state index in [-0.39, 0.29) is 18.9 Å². The van der Waals surface area contributed by atoms with E-state index >= 15 is 0 Å². The molecule has 0 aliphatic rings. The van der Waals surface area contributed by atoms with Crippen molar-refractivity contribution in [3.63, 3.8) is 0 Å². The van der Waals surface area contributed by atoms with Gasteiger partial charge >= 0.3 is 0 Å². The van der Waals surface area contributed by atoms with Crippen molar-refractivity contribution in [3.05, 3.63) is 23.9 Å². The molecule has 128 valence electrons. The standard InChI is InChI=1S/C15H23N3O4S/c1-10(2)23(21,22)12(4)15(20)16-9-8-14(19)18-13-7-5-6-11(3)17-13/h5-7,10,12H,8-9H2,1-4H3,(H,16,20)(H,17,18,19)/t12-/m1/s1. The van der Waals surface area contributed by atoms with Gasteiger partial charge in [-0.3, -0.25) is 9.59 Å². The fraction of sp³-hybridized carbons (Fsp3) is 0.533. The maximum absolute atomic E-state index is 11.9. The molecule has 1 aromatic heterocycles. The number of sulfone groups is 1. The van der Waals surface area contributed by atoms with Crippen molar-refractivity contribution < 1.29 is 18.0 Å². The average molecular weight is 341 g/mol. The maximum Gasteiger partial charge on any atom is 0.238 e. The minimum absolute atomic E-state index is 0.0375. The molecule has 0 saturated heterocycles. The van der Waals surface area contributed by atoms with Gasteiger partial charge in [0, 0.05) is 18.7 Å². The number of pyridine rings is 1. The Hall–Kier alpha value is -1.96. The van der Waals surface area contributed by atoms with Crippen LogP contribution in [0.4, 0.5) is 5.82 Å². The number of nitrogens with one attached hydrogen (secondary N) is 2. The van der Waals surface area contributed by atoms with Crippen LogP contribution in [0.15, 0.2) is 18.2 Å². The quantitative estimate of drug-likeness (QED) is 0.771. The first kappa shape index (κ1) is 19.1. The highest BCUT2D eigenvalue weighted by molar-refractivity contribution is 7.93. The molecule has 2 amide bonds. The molecular formula is C15H23N3O4S. The van der Waals surface area contributed by atoms with Crippen LogP contribution in [0.3, 0.4) is 0 Å². The van der Waals surface area contributed by atoms with E-state index in [9.17, 15) is 18.0 Å². The number of amides is 2. The third-order valence-electron chi connectivity index (χ3n) is 3.33. The number of hydrogen-bond donors (Lipinski definition) is 2. The third-order valence-corrected chi connectivity index (χ3v) is 5.84. The molecule has 0 aliphatic carbocycles. The summed E-state index contributed by atoms with van der Waals surface area (Å²) in [5.41, 5.74) is 0.781. The summed E-state index contributed by atoms with van der Waals surface area (Å²) in [7, 11) is -3.50. The third kappa shape index (κ3) is 5.63. The number of aryl methyl sites for hydroxylation is 1. The molecule has 0 spiro atoms. The zero-order valence-electron chi connectivity index (χ0n) is 13.8. The number of hydrogen-bond acceptors (Lipinski definition) is 5. The lowest BCUT2D eigenvalue weighted by atomic mass is 10.3. The van der Waals surface area contributed by atoms with Crippen LogP contribution >= 0.6 is 0 Å². The van der Waals surface area contributed by atoms with Gasteiger partial charge in [0.1, 0.15) is 11.1 Å². The number of rotatable bonds is 7. The minimum Gasteiger partial charge on any atom is -0.354 e. The van der Waals surface area contributed by atoms with E-state index in [4.69, 9.17) is 0 Å². The summed E-state index contributed by atoms with van der Waals surface area (Å²) in [6.07, 6.45) is 0.0375. The van der Waals surface area contributed by atoms with Crippen molar-refractivity contribution in [1.29, 1.82) is 0 Å². The highest BCUT2D eigenvalue weighted by atomic mass is 32.2. The van der Waals surface area contributed by atoms with Crippen molar-refractivity contribution in [2.45, 2.75) is 44.6 Å². The largest absolute Gasteiger partial charge is 0.354 e. The Bertz CT molecular complexity index is 671. The summed E-state index contributed by atoms with van der Waals surface area (Å²) in [4.78, 5) is 27.7. The first-order valence-electron chi connectivity index (χ1n) is 7.38. The average Bonchev–Trinajstić information content (AvgIpc) is 2.46. The lowest BCUT2D eigenvalue weighted by Crippen LogP contribution is -2.41. The number of carbonyl (C=O) groups is 2. The second-order valence-electron chi connectivity index (χ2n) is 5.53. The summed E-state index contributed by atoms with van der Waals surface area (Å²) in [5.74, 6) is -0.458. The van der Waals surface area contributed by atoms with Gasteiger partial charge in [0.2, 0.25) is 11.8 Å². The second-order valence-corrected chi connectivity index (χ2v) is 8.36. The minimum atomic E-state index is -3.50. The topological polar surface area (TPSA) is 105 Å². The maximum atomic E-state index is 11.9. The SMILES string of the molecule is Cc1cccc(NC(=O)CCNC(=O)[C@@H](C)S(=O)(=O)C(C)C)n1. The number of nitrogens with zero attached hydrogens (tertiary/aromatic N) is 1. The monoisotopic (exact) mass is 341 g/mol. The zero-order chi connectivity index (χ0) is 17.6. The lowest BCUT2D eigenvalue weighted by Gasteiger charge is -2.15. The van der Waals surface area contributed by atoms with Crippen molar-refractivity contribution >= 4 is 27.5 Å². The van der Waals surface area contributed by atoms with E-state index in [1.165, 1.54) is 20.8 Å². The molecule has 0 unspecified atom stereocenters. The van der Waals surface area contributed by atoms with Crippen molar-refractivity contribution in [1.82, 2.24) is 10.3 Å². The Kier molecular flexibility index (Phi) is 6.68. The van der Waals surface area contributed by atoms with Gasteiger partial charge in [0.25, 0.3) is 0 Å². The summed E-state index contributed by atoms with van der Waals surface area (Å²) >= 11 is 0. The molecule has 0 bridgehead atoms. The smallest absolute Gasteiger partial charge is 0.238 e. The zero-order valence-corrected chi connectivity index (χ0v) is 14.6. The van der Waals surface area contributed by atoms with E-state index in [1.54, 1.807) is 12.1 Å². The van der Waals surface area contributed by atoms with Crippen LogP contribution < -0.4 is 10.6 Å². The van der Waals surface area contributed by atoms with Crippen LogP contribution in [0.25, 0.3) is 0 Å². The fourth-order valence-electron chi connectivity index (χ4n) is 1.82. The van der Waals surface area contributed by atoms with Gasteiger partial charge in [0.15, 0.2) is 9.84 Å². The molecule has 1 aromatic rings. The molecule has 7 nitrogen and oxygen atoms in total. The van der Waals surface area contributed by atoms with Crippen LogP contribution in [0.2, 0.25) is 0 Å².